The minimum absolute atomic E-state index is 0. The molecule has 0 radical (unpaired) electrons. The number of H-pyrrole nitrogens is 1. The summed E-state index contributed by atoms with van der Waals surface area (Å²) in [6.45, 7) is 0. The smallest absolute Gasteiger partial charge is 0.155 e. The topological polar surface area (TPSA) is 105 Å². The first-order valence-electron chi connectivity index (χ1n) is 3.78. The first kappa shape index (κ1) is 16.1. The Morgan fingerprint density at radius 1 is 1.07 bits per heavy atom. The van der Waals surface area contributed by atoms with Crippen molar-refractivity contribution in [1.29, 1.82) is 0 Å². The number of nitrogens with one attached hydrogen (secondary N) is 1. The van der Waals surface area contributed by atoms with Gasteiger partial charge in [0, 0.05) is 5.56 Å². The molecule has 1 heterocycles. The maximum Gasteiger partial charge on any atom is 0.155 e. The Balaban J connectivity index is 0. The summed E-state index contributed by atoms with van der Waals surface area (Å²) in [5.74, 6) is 0.815. The molecule has 1 aromatic carbocycles. The van der Waals surface area contributed by atoms with Crippen molar-refractivity contribution in [2.45, 2.75) is 0 Å². The lowest BCUT2D eigenvalue weighted by Gasteiger charge is -1.95. The molecule has 15 heavy (non-hydrogen) atoms. The first-order valence-corrected chi connectivity index (χ1v) is 3.78. The Labute approximate surface area is 94.4 Å². The van der Waals surface area contributed by atoms with E-state index in [1.165, 1.54) is 11.8 Å². The van der Waals surface area contributed by atoms with E-state index in [4.69, 9.17) is 0 Å². The molecule has 7 heteroatoms. The lowest BCUT2D eigenvalue weighted by molar-refractivity contribution is 0.823. The molecule has 0 saturated heterocycles. The van der Waals surface area contributed by atoms with Crippen molar-refractivity contribution in [2.75, 3.05) is 0 Å². The van der Waals surface area contributed by atoms with Gasteiger partial charge in [-0.3, -0.25) is 5.10 Å². The maximum absolute atomic E-state index is 4.05. The maximum atomic E-state index is 4.05. The van der Waals surface area contributed by atoms with Crippen molar-refractivity contribution >= 4 is 25.7 Å². The predicted octanol–water partition coefficient (Wildman–Crippen LogP) is -1.50. The van der Waals surface area contributed by atoms with Crippen LogP contribution in [0.4, 0.5) is 0 Å². The highest BCUT2D eigenvalue weighted by atomic mass is 35.5. The molecule has 1 aromatic heterocycles. The van der Waals surface area contributed by atoms with Crippen LogP contribution in [0.2, 0.25) is 0 Å². The summed E-state index contributed by atoms with van der Waals surface area (Å²) in [6.07, 6.45) is 1.51. The predicted molar refractivity (Wildman–Crippen MR) is 64.5 cm³/mol. The molecule has 2 aromatic rings. The Morgan fingerprint density at radius 3 is 2.13 bits per heavy atom. The third-order valence-corrected chi connectivity index (χ3v) is 1.74. The van der Waals surface area contributed by atoms with Crippen molar-refractivity contribution < 1.29 is 11.0 Å². The van der Waals surface area contributed by atoms with Crippen molar-refractivity contribution in [3.05, 3.63) is 30.6 Å². The summed E-state index contributed by atoms with van der Waals surface area (Å²) in [5, 5.41) is 6.60. The largest absolute Gasteiger partial charge is 0.412 e. The minimum Gasteiger partial charge on any atom is -0.412 e. The summed E-state index contributed by atoms with van der Waals surface area (Å²) in [7, 11) is 2.06. The van der Waals surface area contributed by atoms with Crippen LogP contribution in [0.25, 0.3) is 11.4 Å². The molecule has 82 valence electrons. The fraction of sp³-hybridized carbons (Fsp3) is 0. The van der Waals surface area contributed by atoms with E-state index in [1.54, 1.807) is 0 Å². The fourth-order valence-corrected chi connectivity index (χ4v) is 1.06. The van der Waals surface area contributed by atoms with E-state index in [0.29, 0.717) is 0 Å². The number of halogens is 1. The monoisotopic (exact) mass is 229 g/mol. The standard InChI is InChI=1S/C8H8BN3.ClH.2H2O/c9-7-3-1-6(2-4-7)8-10-5-11-12-8;;;/h1-5H,9H2,(H,10,11,12);1H;2*1H2. The van der Waals surface area contributed by atoms with Crippen LogP contribution in [0.5, 0.6) is 0 Å². The first-order chi connectivity index (χ1) is 5.86. The van der Waals surface area contributed by atoms with Crippen molar-refractivity contribution in [3.8, 4) is 11.4 Å². The van der Waals surface area contributed by atoms with Gasteiger partial charge in [-0.05, 0) is 0 Å². The zero-order valence-corrected chi connectivity index (χ0v) is 9.01. The second-order valence-electron chi connectivity index (χ2n) is 2.70. The van der Waals surface area contributed by atoms with Crippen molar-refractivity contribution in [3.63, 3.8) is 0 Å². The van der Waals surface area contributed by atoms with Crippen LogP contribution in [0, 0.1) is 0 Å². The molecule has 0 amide bonds. The summed E-state index contributed by atoms with van der Waals surface area (Å²) < 4.78 is 0. The van der Waals surface area contributed by atoms with Gasteiger partial charge in [0.05, 0.1) is 0 Å². The number of rotatable bonds is 1. The number of aromatic nitrogens is 3. The van der Waals surface area contributed by atoms with Gasteiger partial charge in [-0.1, -0.05) is 29.7 Å². The highest BCUT2D eigenvalue weighted by Crippen LogP contribution is 2.10. The number of aromatic amines is 1. The highest BCUT2D eigenvalue weighted by Gasteiger charge is 1.97. The van der Waals surface area contributed by atoms with Gasteiger partial charge in [0.2, 0.25) is 0 Å². The van der Waals surface area contributed by atoms with Crippen LogP contribution in [0.3, 0.4) is 0 Å². The SMILES string of the molecule is Bc1ccc(-c2ncn[nH]2)cc1.Cl.O.O. The Bertz CT molecular complexity index is 366. The quantitative estimate of drug-likeness (QED) is 0.601. The molecular formula is C8H13BClN3O2. The van der Waals surface area contributed by atoms with E-state index >= 15 is 0 Å². The molecule has 0 unspecified atom stereocenters. The second-order valence-corrected chi connectivity index (χ2v) is 2.70. The Hall–Kier alpha value is -1.37. The summed E-state index contributed by atoms with van der Waals surface area (Å²) in [4.78, 5) is 4.05. The molecule has 0 aliphatic heterocycles. The molecule has 0 aliphatic carbocycles. The molecule has 5 nitrogen and oxygen atoms in total. The zero-order valence-electron chi connectivity index (χ0n) is 8.19. The van der Waals surface area contributed by atoms with Crippen LogP contribution < -0.4 is 5.46 Å². The van der Waals surface area contributed by atoms with Crippen LogP contribution >= 0.6 is 12.4 Å². The number of nitrogens with zero attached hydrogens (tertiary/aromatic N) is 2. The molecule has 0 bridgehead atoms. The third-order valence-electron chi connectivity index (χ3n) is 1.74. The molecular weight excluding hydrogens is 216 g/mol. The van der Waals surface area contributed by atoms with E-state index < -0.39 is 0 Å². The molecule has 5 N–H and O–H groups in total. The Morgan fingerprint density at radius 2 is 1.67 bits per heavy atom. The van der Waals surface area contributed by atoms with Crippen LogP contribution in [-0.4, -0.2) is 34.0 Å². The molecule has 2 rings (SSSR count). The molecule has 0 aliphatic rings. The van der Waals surface area contributed by atoms with Gasteiger partial charge in [0.1, 0.15) is 14.2 Å². The van der Waals surface area contributed by atoms with E-state index in [0.717, 1.165) is 11.4 Å². The van der Waals surface area contributed by atoms with Crippen molar-refractivity contribution in [2.24, 2.45) is 0 Å². The third kappa shape index (κ3) is 3.71. The molecule has 0 atom stereocenters. The van der Waals surface area contributed by atoms with Gasteiger partial charge in [0.15, 0.2) is 5.82 Å². The molecule has 0 fully saturated rings. The normalized spacial score (nSPS) is 8.00. The van der Waals surface area contributed by atoms with Gasteiger partial charge >= 0.3 is 0 Å². The number of hydrogen-bond acceptors (Lipinski definition) is 2. The average Bonchev–Trinajstić information content (AvgIpc) is 2.58. The fourth-order valence-electron chi connectivity index (χ4n) is 1.06. The van der Waals surface area contributed by atoms with Crippen LogP contribution in [0.15, 0.2) is 30.6 Å². The minimum atomic E-state index is 0. The summed E-state index contributed by atoms with van der Waals surface area (Å²) in [5.41, 5.74) is 2.32. The van der Waals surface area contributed by atoms with E-state index in [-0.39, 0.29) is 23.4 Å². The van der Waals surface area contributed by atoms with Gasteiger partial charge in [-0.15, -0.1) is 12.4 Å². The van der Waals surface area contributed by atoms with Gasteiger partial charge in [0.25, 0.3) is 0 Å². The van der Waals surface area contributed by atoms with Crippen LogP contribution in [0.1, 0.15) is 0 Å². The van der Waals surface area contributed by atoms with Crippen LogP contribution in [-0.2, 0) is 0 Å². The number of benzene rings is 1. The van der Waals surface area contributed by atoms with Gasteiger partial charge < -0.3 is 11.0 Å². The molecule has 0 saturated carbocycles. The van der Waals surface area contributed by atoms with Gasteiger partial charge in [-0.2, -0.15) is 5.10 Å². The van der Waals surface area contributed by atoms with Crippen molar-refractivity contribution in [1.82, 2.24) is 15.2 Å². The van der Waals surface area contributed by atoms with E-state index in [1.807, 2.05) is 12.1 Å². The average molecular weight is 229 g/mol. The molecule has 0 spiro atoms. The Kier molecular flexibility index (Phi) is 7.50. The summed E-state index contributed by atoms with van der Waals surface area (Å²) >= 11 is 0. The number of hydrogen-bond donors (Lipinski definition) is 1. The lowest BCUT2D eigenvalue weighted by Crippen LogP contribution is -1.99. The van der Waals surface area contributed by atoms with Gasteiger partial charge in [-0.25, -0.2) is 4.98 Å². The van der Waals surface area contributed by atoms with E-state index in [2.05, 4.69) is 35.2 Å². The highest BCUT2D eigenvalue weighted by molar-refractivity contribution is 6.32. The zero-order chi connectivity index (χ0) is 8.39. The summed E-state index contributed by atoms with van der Waals surface area (Å²) in [6, 6.07) is 8.15. The van der Waals surface area contributed by atoms with E-state index in [9.17, 15) is 0 Å². The second kappa shape index (κ2) is 7.00. The lowest BCUT2D eigenvalue weighted by atomic mass is 9.95.